The van der Waals surface area contributed by atoms with Gasteiger partial charge >= 0.3 is 0 Å². The van der Waals surface area contributed by atoms with Crippen molar-refractivity contribution in [3.8, 4) is 6.07 Å². The molecule has 0 bridgehead atoms. The summed E-state index contributed by atoms with van der Waals surface area (Å²) in [6.45, 7) is 2.73. The average molecular weight is 242 g/mol. The maximum Gasteiger partial charge on any atom is 0.258 e. The van der Waals surface area contributed by atoms with Crippen LogP contribution in [0, 0.1) is 28.8 Å². The molecule has 0 aliphatic rings. The first-order valence-electron chi connectivity index (χ1n) is 4.65. The van der Waals surface area contributed by atoms with Gasteiger partial charge in [0.05, 0.1) is 6.07 Å². The van der Waals surface area contributed by atoms with E-state index >= 15 is 0 Å². The van der Waals surface area contributed by atoms with E-state index in [4.69, 9.17) is 5.26 Å². The minimum atomic E-state index is -1.31. The van der Waals surface area contributed by atoms with E-state index in [2.05, 4.69) is 5.32 Å². The van der Waals surface area contributed by atoms with Gasteiger partial charge in [0.15, 0.2) is 0 Å². The fourth-order valence-electron chi connectivity index (χ4n) is 1.13. The smallest absolute Gasteiger partial charge is 0.258 e. The third-order valence-electron chi connectivity index (χ3n) is 1.94. The van der Waals surface area contributed by atoms with Gasteiger partial charge in [-0.2, -0.15) is 5.26 Å². The van der Waals surface area contributed by atoms with Gasteiger partial charge in [-0.05, 0) is 13.8 Å². The Morgan fingerprint density at radius 2 is 1.76 bits per heavy atom. The van der Waals surface area contributed by atoms with E-state index < -0.39 is 34.5 Å². The summed E-state index contributed by atoms with van der Waals surface area (Å²) >= 11 is 0. The lowest BCUT2D eigenvalue weighted by molar-refractivity contribution is 0.0920. The molecule has 3 nitrogen and oxygen atoms in total. The normalized spacial score (nSPS) is 10.8. The van der Waals surface area contributed by atoms with Crippen molar-refractivity contribution in [2.24, 2.45) is 0 Å². The Balaban J connectivity index is 3.11. The van der Waals surface area contributed by atoms with Crippen molar-refractivity contribution < 1.29 is 18.0 Å². The Morgan fingerprint density at radius 3 is 2.18 bits per heavy atom. The van der Waals surface area contributed by atoms with E-state index in [0.717, 1.165) is 0 Å². The zero-order chi connectivity index (χ0) is 13.2. The largest absolute Gasteiger partial charge is 0.334 e. The molecule has 0 heterocycles. The zero-order valence-electron chi connectivity index (χ0n) is 9.14. The van der Waals surface area contributed by atoms with Crippen LogP contribution in [0.1, 0.15) is 24.2 Å². The molecule has 1 N–H and O–H groups in total. The fourth-order valence-corrected chi connectivity index (χ4v) is 1.13. The molecule has 0 fully saturated rings. The number of carbonyl (C=O) groups excluding carboxylic acids is 1. The van der Waals surface area contributed by atoms with E-state index in [1.165, 1.54) is 13.8 Å². The molecule has 0 aliphatic heterocycles. The molecule has 0 saturated carbocycles. The molecule has 1 aromatic rings. The molecule has 0 radical (unpaired) electrons. The Hall–Kier alpha value is -2.03. The monoisotopic (exact) mass is 242 g/mol. The maximum absolute atomic E-state index is 13.2. The second-order valence-electron chi connectivity index (χ2n) is 3.94. The summed E-state index contributed by atoms with van der Waals surface area (Å²) in [5, 5.41) is 10.8. The van der Waals surface area contributed by atoms with Crippen LogP contribution in [0.2, 0.25) is 0 Å². The Morgan fingerprint density at radius 1 is 1.29 bits per heavy atom. The summed E-state index contributed by atoms with van der Waals surface area (Å²) in [6.07, 6.45) is 0. The number of amides is 1. The summed E-state index contributed by atoms with van der Waals surface area (Å²) in [6, 6.07) is 2.54. The van der Waals surface area contributed by atoms with Crippen molar-refractivity contribution in [2.75, 3.05) is 0 Å². The third kappa shape index (κ3) is 2.97. The zero-order valence-corrected chi connectivity index (χ0v) is 9.14. The van der Waals surface area contributed by atoms with E-state index in [9.17, 15) is 18.0 Å². The van der Waals surface area contributed by atoms with Crippen LogP contribution < -0.4 is 5.32 Å². The number of rotatable bonds is 2. The second kappa shape index (κ2) is 4.45. The third-order valence-corrected chi connectivity index (χ3v) is 1.94. The lowest BCUT2D eigenvalue weighted by Crippen LogP contribution is -2.42. The van der Waals surface area contributed by atoms with Crippen LogP contribution in [-0.4, -0.2) is 11.4 Å². The predicted molar refractivity (Wildman–Crippen MR) is 53.5 cm³/mol. The molecule has 0 unspecified atom stereocenters. The minimum Gasteiger partial charge on any atom is -0.334 e. The van der Waals surface area contributed by atoms with E-state index in [1.807, 2.05) is 0 Å². The summed E-state index contributed by atoms with van der Waals surface area (Å²) in [5.41, 5.74) is -2.18. The molecular weight excluding hydrogens is 233 g/mol. The number of halogens is 3. The van der Waals surface area contributed by atoms with Crippen LogP contribution in [0.5, 0.6) is 0 Å². The summed E-state index contributed by atoms with van der Waals surface area (Å²) in [7, 11) is 0. The number of carbonyl (C=O) groups is 1. The van der Waals surface area contributed by atoms with Gasteiger partial charge < -0.3 is 5.32 Å². The first kappa shape index (κ1) is 13.0. The molecule has 0 aromatic heterocycles. The number of hydrogen-bond acceptors (Lipinski definition) is 2. The molecule has 0 spiro atoms. The average Bonchev–Trinajstić information content (AvgIpc) is 2.14. The molecule has 1 amide bonds. The first-order chi connectivity index (χ1) is 7.76. The number of hydrogen-bond donors (Lipinski definition) is 1. The molecule has 0 atom stereocenters. The molecular formula is C11H9F3N2O. The van der Waals surface area contributed by atoms with Gasteiger partial charge in [-0.3, -0.25) is 4.79 Å². The van der Waals surface area contributed by atoms with Crippen LogP contribution in [0.3, 0.4) is 0 Å². The highest BCUT2D eigenvalue weighted by molar-refractivity contribution is 5.95. The van der Waals surface area contributed by atoms with Crippen molar-refractivity contribution in [1.82, 2.24) is 5.32 Å². The lowest BCUT2D eigenvalue weighted by Gasteiger charge is -2.17. The van der Waals surface area contributed by atoms with Crippen molar-refractivity contribution in [1.29, 1.82) is 5.26 Å². The standard InChI is InChI=1S/C11H9F3N2O/c1-11(2,5-15)16-10(17)9-7(13)3-6(12)4-8(9)14/h3-4H,1-2H3,(H,16,17). The van der Waals surface area contributed by atoms with Gasteiger partial charge in [0.25, 0.3) is 5.91 Å². The van der Waals surface area contributed by atoms with Crippen LogP contribution >= 0.6 is 0 Å². The molecule has 0 aliphatic carbocycles. The van der Waals surface area contributed by atoms with Gasteiger partial charge in [0.1, 0.15) is 28.6 Å². The van der Waals surface area contributed by atoms with Gasteiger partial charge in [0.2, 0.25) is 0 Å². The lowest BCUT2D eigenvalue weighted by atomic mass is 10.1. The SMILES string of the molecule is CC(C)(C#N)NC(=O)c1c(F)cc(F)cc1F. The van der Waals surface area contributed by atoms with E-state index in [0.29, 0.717) is 12.1 Å². The maximum atomic E-state index is 13.2. The second-order valence-corrected chi connectivity index (χ2v) is 3.94. The highest BCUT2D eigenvalue weighted by Gasteiger charge is 2.25. The quantitative estimate of drug-likeness (QED) is 0.863. The molecule has 1 aromatic carbocycles. The summed E-state index contributed by atoms with van der Waals surface area (Å²) < 4.78 is 39.0. The molecule has 1 rings (SSSR count). The van der Waals surface area contributed by atoms with Gasteiger partial charge in [-0.25, -0.2) is 13.2 Å². The van der Waals surface area contributed by atoms with Crippen molar-refractivity contribution in [2.45, 2.75) is 19.4 Å². The fraction of sp³-hybridized carbons (Fsp3) is 0.273. The highest BCUT2D eigenvalue weighted by Crippen LogP contribution is 2.15. The Labute approximate surface area is 95.9 Å². The Bertz CT molecular complexity index is 483. The van der Waals surface area contributed by atoms with Gasteiger partial charge in [0, 0.05) is 12.1 Å². The molecule has 17 heavy (non-hydrogen) atoms. The van der Waals surface area contributed by atoms with E-state index in [1.54, 1.807) is 6.07 Å². The van der Waals surface area contributed by atoms with Crippen LogP contribution in [-0.2, 0) is 0 Å². The van der Waals surface area contributed by atoms with Crippen LogP contribution in [0.25, 0.3) is 0 Å². The molecule has 90 valence electrons. The Kier molecular flexibility index (Phi) is 3.42. The van der Waals surface area contributed by atoms with Gasteiger partial charge in [-0.1, -0.05) is 0 Å². The van der Waals surface area contributed by atoms with Crippen molar-refractivity contribution >= 4 is 5.91 Å². The van der Waals surface area contributed by atoms with Crippen molar-refractivity contribution in [3.63, 3.8) is 0 Å². The molecule has 0 saturated heterocycles. The van der Waals surface area contributed by atoms with Crippen LogP contribution in [0.4, 0.5) is 13.2 Å². The van der Waals surface area contributed by atoms with Crippen LogP contribution in [0.15, 0.2) is 12.1 Å². The summed E-state index contributed by atoms with van der Waals surface area (Å²) in [4.78, 5) is 11.5. The number of benzene rings is 1. The first-order valence-corrected chi connectivity index (χ1v) is 4.65. The summed E-state index contributed by atoms with van der Waals surface area (Å²) in [5.74, 6) is -4.84. The molecule has 6 heteroatoms. The number of nitrogens with one attached hydrogen (secondary N) is 1. The minimum absolute atomic E-state index is 0.400. The predicted octanol–water partition coefficient (Wildman–Crippen LogP) is 2.14. The highest BCUT2D eigenvalue weighted by atomic mass is 19.1. The van der Waals surface area contributed by atoms with Crippen molar-refractivity contribution in [3.05, 3.63) is 35.1 Å². The number of nitriles is 1. The van der Waals surface area contributed by atoms with Gasteiger partial charge in [-0.15, -0.1) is 0 Å². The number of nitrogens with zero attached hydrogens (tertiary/aromatic N) is 1. The topological polar surface area (TPSA) is 52.9 Å². The van der Waals surface area contributed by atoms with E-state index in [-0.39, 0.29) is 0 Å².